The van der Waals surface area contributed by atoms with Gasteiger partial charge in [-0.25, -0.2) is 4.39 Å². The molecule has 1 amide bonds. The minimum absolute atomic E-state index is 0.0538. The van der Waals surface area contributed by atoms with Crippen molar-refractivity contribution < 1.29 is 40.3 Å². The average molecular weight is 460 g/mol. The molecule has 0 radical (unpaired) electrons. The fourth-order valence-corrected chi connectivity index (χ4v) is 2.43. The van der Waals surface area contributed by atoms with E-state index in [0.29, 0.717) is 12.1 Å². The summed E-state index contributed by atoms with van der Waals surface area (Å²) in [6, 6.07) is 3.98. The zero-order valence-corrected chi connectivity index (χ0v) is 14.6. The zero-order valence-electron chi connectivity index (χ0n) is 13.0. The second-order valence-corrected chi connectivity index (χ2v) is 6.06. The summed E-state index contributed by atoms with van der Waals surface area (Å²) in [4.78, 5) is 11.8. The molecule has 11 heteroatoms. The van der Waals surface area contributed by atoms with Crippen LogP contribution in [0, 0.1) is 5.82 Å². The fraction of sp³-hybridized carbons (Fsp3) is 0.188. The Morgan fingerprint density at radius 2 is 1.52 bits per heavy atom. The number of benzene rings is 2. The lowest BCUT2D eigenvalue weighted by molar-refractivity contribution is -0.143. The molecule has 0 atom stereocenters. The molecule has 0 aliphatic rings. The Hall–Kier alpha value is -2.30. The Bertz CT molecular complexity index is 817. The third kappa shape index (κ3) is 5.84. The van der Waals surface area contributed by atoms with Crippen molar-refractivity contribution in [2.75, 3.05) is 11.9 Å². The largest absolute Gasteiger partial charge is 0.483 e. The van der Waals surface area contributed by atoms with Gasteiger partial charge >= 0.3 is 12.4 Å². The third-order valence-corrected chi connectivity index (χ3v) is 3.74. The monoisotopic (exact) mass is 459 g/mol. The van der Waals surface area contributed by atoms with Crippen molar-refractivity contribution in [2.24, 2.45) is 0 Å². The lowest BCUT2D eigenvalue weighted by atomic mass is 10.1. The molecule has 0 unspecified atom stereocenters. The molecular formula is C16H9BrF7NO2. The number of ether oxygens (including phenoxy) is 1. The van der Waals surface area contributed by atoms with Gasteiger partial charge in [0.1, 0.15) is 11.6 Å². The Kier molecular flexibility index (Phi) is 6.03. The van der Waals surface area contributed by atoms with Crippen LogP contribution in [0.3, 0.4) is 0 Å². The summed E-state index contributed by atoms with van der Waals surface area (Å²) < 4.78 is 94.9. The van der Waals surface area contributed by atoms with E-state index < -0.39 is 47.5 Å². The maximum Gasteiger partial charge on any atom is 0.416 e. The quantitative estimate of drug-likeness (QED) is 0.600. The number of hydrogen-bond acceptors (Lipinski definition) is 2. The Labute approximate surface area is 156 Å². The highest BCUT2D eigenvalue weighted by molar-refractivity contribution is 9.10. The molecule has 0 aromatic heterocycles. The predicted octanol–water partition coefficient (Wildman–Crippen LogP) is 5.64. The minimum Gasteiger partial charge on any atom is -0.483 e. The van der Waals surface area contributed by atoms with E-state index in [2.05, 4.69) is 15.9 Å². The second-order valence-electron chi connectivity index (χ2n) is 5.21. The molecule has 2 aromatic carbocycles. The lowest BCUT2D eigenvalue weighted by Gasteiger charge is -2.15. The first-order valence-electron chi connectivity index (χ1n) is 7.03. The molecule has 0 bridgehead atoms. The predicted molar refractivity (Wildman–Crippen MR) is 84.7 cm³/mol. The standard InChI is InChI=1S/C16H9BrF7NO2/c17-12-6-10(18)1-2-13(12)27-7-14(26)25-11-4-8(15(19,20)21)3-9(5-11)16(22,23)24/h1-6H,7H2,(H,25,26). The van der Waals surface area contributed by atoms with Crippen LogP contribution in [0.2, 0.25) is 0 Å². The highest BCUT2D eigenvalue weighted by Gasteiger charge is 2.37. The van der Waals surface area contributed by atoms with Crippen molar-refractivity contribution >= 4 is 27.5 Å². The molecule has 2 aromatic rings. The van der Waals surface area contributed by atoms with Crippen LogP contribution >= 0.6 is 15.9 Å². The van der Waals surface area contributed by atoms with Gasteiger partial charge in [0.05, 0.1) is 15.6 Å². The van der Waals surface area contributed by atoms with Gasteiger partial charge in [0.2, 0.25) is 0 Å². The van der Waals surface area contributed by atoms with Gasteiger partial charge in [-0.2, -0.15) is 26.3 Å². The molecule has 0 fully saturated rings. The number of carbonyl (C=O) groups excluding carboxylic acids is 1. The van der Waals surface area contributed by atoms with E-state index in [-0.39, 0.29) is 16.3 Å². The maximum atomic E-state index is 13.0. The number of amides is 1. The number of carbonyl (C=O) groups is 1. The molecule has 146 valence electrons. The lowest BCUT2D eigenvalue weighted by Crippen LogP contribution is -2.21. The fourth-order valence-electron chi connectivity index (χ4n) is 1.96. The number of halogens is 8. The molecule has 0 aliphatic carbocycles. The van der Waals surface area contributed by atoms with Crippen molar-refractivity contribution in [2.45, 2.75) is 12.4 Å². The molecule has 0 saturated carbocycles. The van der Waals surface area contributed by atoms with Gasteiger partial charge < -0.3 is 10.1 Å². The van der Waals surface area contributed by atoms with E-state index in [1.165, 1.54) is 6.07 Å². The summed E-state index contributed by atoms with van der Waals surface area (Å²) in [6.07, 6.45) is -10.1. The second kappa shape index (κ2) is 7.75. The van der Waals surface area contributed by atoms with E-state index in [1.54, 1.807) is 0 Å². The van der Waals surface area contributed by atoms with Crippen molar-refractivity contribution in [1.29, 1.82) is 0 Å². The topological polar surface area (TPSA) is 38.3 Å². The number of hydrogen-bond donors (Lipinski definition) is 1. The molecule has 1 N–H and O–H groups in total. The number of anilines is 1. The first kappa shape index (κ1) is 21.0. The van der Waals surface area contributed by atoms with Crippen molar-refractivity contribution in [3.63, 3.8) is 0 Å². The van der Waals surface area contributed by atoms with Gasteiger partial charge in [-0.3, -0.25) is 4.79 Å². The maximum absolute atomic E-state index is 13.0. The third-order valence-electron chi connectivity index (χ3n) is 3.12. The summed E-state index contributed by atoms with van der Waals surface area (Å²) in [5.74, 6) is -1.52. The SMILES string of the molecule is O=C(COc1ccc(F)cc1Br)Nc1cc(C(F)(F)F)cc(C(F)(F)F)c1. The molecule has 3 nitrogen and oxygen atoms in total. The average Bonchev–Trinajstić information content (AvgIpc) is 2.52. The van der Waals surface area contributed by atoms with E-state index >= 15 is 0 Å². The van der Waals surface area contributed by atoms with Gasteiger partial charge in [-0.05, 0) is 52.3 Å². The van der Waals surface area contributed by atoms with Gasteiger partial charge in [0.25, 0.3) is 5.91 Å². The van der Waals surface area contributed by atoms with Crippen LogP contribution in [0.15, 0.2) is 40.9 Å². The molecular weight excluding hydrogens is 451 g/mol. The normalized spacial score (nSPS) is 12.0. The molecule has 2 rings (SSSR count). The van der Waals surface area contributed by atoms with Crippen LogP contribution in [0.25, 0.3) is 0 Å². The number of nitrogens with one attached hydrogen (secondary N) is 1. The van der Waals surface area contributed by atoms with Crippen molar-refractivity contribution in [3.8, 4) is 5.75 Å². The first-order chi connectivity index (χ1) is 12.4. The highest BCUT2D eigenvalue weighted by Crippen LogP contribution is 2.37. The zero-order chi connectivity index (χ0) is 20.4. The highest BCUT2D eigenvalue weighted by atomic mass is 79.9. The Balaban J connectivity index is 2.16. The summed E-state index contributed by atoms with van der Waals surface area (Å²) in [5.41, 5.74) is -3.81. The Morgan fingerprint density at radius 3 is 2.00 bits per heavy atom. The van der Waals surface area contributed by atoms with Crippen molar-refractivity contribution in [3.05, 3.63) is 57.8 Å². The smallest absolute Gasteiger partial charge is 0.416 e. The summed E-state index contributed by atoms with van der Waals surface area (Å²) in [6.45, 7) is -0.720. The number of rotatable bonds is 4. The van der Waals surface area contributed by atoms with Gasteiger partial charge in [0.15, 0.2) is 6.61 Å². The van der Waals surface area contributed by atoms with Crippen LogP contribution in [-0.4, -0.2) is 12.5 Å². The number of alkyl halides is 6. The summed E-state index contributed by atoms with van der Waals surface area (Å²) in [7, 11) is 0. The van der Waals surface area contributed by atoms with Crippen LogP contribution in [0.5, 0.6) is 5.75 Å². The van der Waals surface area contributed by atoms with Gasteiger partial charge in [0, 0.05) is 5.69 Å². The summed E-state index contributed by atoms with van der Waals surface area (Å²) in [5, 5.41) is 1.91. The van der Waals surface area contributed by atoms with E-state index in [1.807, 2.05) is 5.32 Å². The van der Waals surface area contributed by atoms with Gasteiger partial charge in [-0.15, -0.1) is 0 Å². The van der Waals surface area contributed by atoms with Crippen LogP contribution in [0.1, 0.15) is 11.1 Å². The van der Waals surface area contributed by atoms with E-state index in [9.17, 15) is 35.5 Å². The van der Waals surface area contributed by atoms with Crippen molar-refractivity contribution in [1.82, 2.24) is 0 Å². The molecule has 0 saturated heterocycles. The van der Waals surface area contributed by atoms with E-state index in [0.717, 1.165) is 12.1 Å². The molecule has 0 aliphatic heterocycles. The molecule has 0 spiro atoms. The van der Waals surface area contributed by atoms with Crippen LogP contribution in [-0.2, 0) is 17.1 Å². The minimum atomic E-state index is -5.03. The molecule has 0 heterocycles. The van der Waals surface area contributed by atoms with E-state index in [4.69, 9.17) is 4.74 Å². The Morgan fingerprint density at radius 1 is 0.963 bits per heavy atom. The molecule has 27 heavy (non-hydrogen) atoms. The first-order valence-corrected chi connectivity index (χ1v) is 7.83. The summed E-state index contributed by atoms with van der Waals surface area (Å²) >= 11 is 2.98. The van der Waals surface area contributed by atoms with Gasteiger partial charge in [-0.1, -0.05) is 0 Å². The van der Waals surface area contributed by atoms with Crippen LogP contribution < -0.4 is 10.1 Å². The van der Waals surface area contributed by atoms with Crippen LogP contribution in [0.4, 0.5) is 36.4 Å².